The molecule has 3 saturated carbocycles. The maximum atomic E-state index is 4.82. The Labute approximate surface area is 185 Å². The largest absolute Gasteiger partial charge is 0.354 e. The van der Waals surface area contributed by atoms with Crippen LogP contribution in [0.4, 0.5) is 23.5 Å². The van der Waals surface area contributed by atoms with Gasteiger partial charge in [0.05, 0.1) is 0 Å². The standard InChI is InChI=1S/C24H35N7/c1-24(2)18-10-9-17(20(24)15-18)16-26-21-28-22(27-19-7-4-3-5-8-19)30-23(29-21)31-13-6-11-25-12-14-31/h3-5,7-8,17-18,20,25H,6,9-16H2,1-2H3,(H2,26,27,28,29,30)/t17-,18-,20-/m0/s1. The number of hydrogen-bond acceptors (Lipinski definition) is 7. The fraction of sp³-hybridized carbons (Fsp3) is 0.625. The molecule has 1 aromatic carbocycles. The molecule has 2 bridgehead atoms. The number of nitrogens with one attached hydrogen (secondary N) is 3. The molecule has 31 heavy (non-hydrogen) atoms. The van der Waals surface area contributed by atoms with Gasteiger partial charge in [0, 0.05) is 31.9 Å². The minimum absolute atomic E-state index is 0.494. The average Bonchev–Trinajstić information content (AvgIpc) is 3.08. The summed E-state index contributed by atoms with van der Waals surface area (Å²) in [5.74, 6) is 4.48. The van der Waals surface area contributed by atoms with Crippen molar-refractivity contribution in [2.24, 2.45) is 23.2 Å². The smallest absolute Gasteiger partial charge is 0.233 e. The zero-order valence-corrected chi connectivity index (χ0v) is 18.8. The van der Waals surface area contributed by atoms with Gasteiger partial charge in [-0.3, -0.25) is 0 Å². The van der Waals surface area contributed by atoms with Crippen LogP contribution < -0.4 is 20.9 Å². The SMILES string of the molecule is CC1(C)[C@H]2CC[C@@H](CNc3nc(Nc4ccccc4)nc(N4CCCNCC4)n3)[C@@H]1C2. The van der Waals surface area contributed by atoms with Crippen molar-refractivity contribution in [3.63, 3.8) is 0 Å². The van der Waals surface area contributed by atoms with E-state index in [2.05, 4.69) is 34.7 Å². The summed E-state index contributed by atoms with van der Waals surface area (Å²) in [5, 5.41) is 10.4. The number of hydrogen-bond donors (Lipinski definition) is 3. The molecule has 7 nitrogen and oxygen atoms in total. The van der Waals surface area contributed by atoms with Crippen molar-refractivity contribution < 1.29 is 0 Å². The van der Waals surface area contributed by atoms with Crippen molar-refractivity contribution in [3.05, 3.63) is 30.3 Å². The molecule has 1 aliphatic heterocycles. The second-order valence-electron chi connectivity index (χ2n) is 9.94. The molecule has 0 spiro atoms. The molecule has 0 amide bonds. The molecule has 1 saturated heterocycles. The number of fused-ring (bicyclic) bond motifs is 2. The van der Waals surface area contributed by atoms with Crippen LogP contribution >= 0.6 is 0 Å². The molecule has 3 aliphatic carbocycles. The minimum atomic E-state index is 0.494. The summed E-state index contributed by atoms with van der Waals surface area (Å²) in [6.45, 7) is 9.72. The highest BCUT2D eigenvalue weighted by molar-refractivity contribution is 5.55. The molecule has 6 rings (SSSR count). The van der Waals surface area contributed by atoms with Crippen LogP contribution in [0.5, 0.6) is 0 Å². The van der Waals surface area contributed by atoms with E-state index in [4.69, 9.17) is 15.0 Å². The number of nitrogens with zero attached hydrogens (tertiary/aromatic N) is 4. The first-order chi connectivity index (χ1) is 15.1. The molecule has 4 aliphatic rings. The zero-order valence-electron chi connectivity index (χ0n) is 18.8. The number of anilines is 4. The van der Waals surface area contributed by atoms with Crippen LogP contribution in [0.15, 0.2) is 30.3 Å². The Kier molecular flexibility index (Phi) is 5.69. The third kappa shape index (κ3) is 4.33. The van der Waals surface area contributed by atoms with E-state index in [0.717, 1.165) is 62.6 Å². The number of benzene rings is 1. The van der Waals surface area contributed by atoms with E-state index < -0.39 is 0 Å². The van der Waals surface area contributed by atoms with Gasteiger partial charge in [-0.15, -0.1) is 0 Å². The van der Waals surface area contributed by atoms with Crippen molar-refractivity contribution in [1.82, 2.24) is 20.3 Å². The molecule has 2 heterocycles. The molecule has 3 atom stereocenters. The first-order valence-corrected chi connectivity index (χ1v) is 11.9. The second kappa shape index (κ2) is 8.61. The average molecular weight is 422 g/mol. The van der Waals surface area contributed by atoms with Gasteiger partial charge in [-0.1, -0.05) is 32.0 Å². The second-order valence-corrected chi connectivity index (χ2v) is 9.94. The maximum Gasteiger partial charge on any atom is 0.233 e. The maximum absolute atomic E-state index is 4.82. The third-order valence-electron chi connectivity index (χ3n) is 7.80. The van der Waals surface area contributed by atoms with Crippen molar-refractivity contribution >= 4 is 23.5 Å². The van der Waals surface area contributed by atoms with Gasteiger partial charge in [-0.05, 0) is 67.5 Å². The summed E-state index contributed by atoms with van der Waals surface area (Å²) in [6.07, 6.45) is 5.16. The summed E-state index contributed by atoms with van der Waals surface area (Å²) in [4.78, 5) is 16.6. The van der Waals surface area contributed by atoms with E-state index in [0.29, 0.717) is 23.2 Å². The molecule has 1 aromatic heterocycles. The van der Waals surface area contributed by atoms with Crippen molar-refractivity contribution in [2.75, 3.05) is 48.3 Å². The predicted molar refractivity (Wildman–Crippen MR) is 126 cm³/mol. The lowest BCUT2D eigenvalue weighted by atomic mass is 9.45. The van der Waals surface area contributed by atoms with Gasteiger partial charge in [-0.25, -0.2) is 0 Å². The first kappa shape index (κ1) is 20.5. The molecular formula is C24H35N7. The Balaban J connectivity index is 1.35. The quantitative estimate of drug-likeness (QED) is 0.653. The summed E-state index contributed by atoms with van der Waals surface area (Å²) in [5.41, 5.74) is 1.48. The van der Waals surface area contributed by atoms with Crippen molar-refractivity contribution in [3.8, 4) is 0 Å². The molecule has 0 radical (unpaired) electrons. The zero-order chi connectivity index (χ0) is 21.3. The van der Waals surface area contributed by atoms with E-state index in [9.17, 15) is 0 Å². The van der Waals surface area contributed by atoms with Crippen LogP contribution in [0.25, 0.3) is 0 Å². The Bertz CT molecular complexity index is 875. The monoisotopic (exact) mass is 421 g/mol. The fourth-order valence-electron chi connectivity index (χ4n) is 5.77. The molecule has 4 fully saturated rings. The number of aromatic nitrogens is 3. The first-order valence-electron chi connectivity index (χ1n) is 11.9. The highest BCUT2D eigenvalue weighted by Crippen LogP contribution is 2.61. The van der Waals surface area contributed by atoms with E-state index in [1.807, 2.05) is 30.3 Å². The Morgan fingerprint density at radius 3 is 2.68 bits per heavy atom. The van der Waals surface area contributed by atoms with Crippen LogP contribution in [0.1, 0.15) is 39.5 Å². The van der Waals surface area contributed by atoms with E-state index in [1.165, 1.54) is 19.3 Å². The molecule has 2 aromatic rings. The Morgan fingerprint density at radius 1 is 1.03 bits per heavy atom. The topological polar surface area (TPSA) is 78.0 Å². The summed E-state index contributed by atoms with van der Waals surface area (Å²) >= 11 is 0. The fourth-order valence-corrected chi connectivity index (χ4v) is 5.77. The molecule has 7 heteroatoms. The lowest BCUT2D eigenvalue weighted by Gasteiger charge is -2.60. The normalized spacial score (nSPS) is 27.2. The van der Waals surface area contributed by atoms with Crippen molar-refractivity contribution in [2.45, 2.75) is 39.5 Å². The van der Waals surface area contributed by atoms with Gasteiger partial charge in [0.1, 0.15) is 0 Å². The Hall–Kier alpha value is -2.41. The molecular weight excluding hydrogens is 386 g/mol. The Morgan fingerprint density at radius 2 is 1.87 bits per heavy atom. The van der Waals surface area contributed by atoms with Crippen molar-refractivity contribution in [1.29, 1.82) is 0 Å². The lowest BCUT2D eigenvalue weighted by molar-refractivity contribution is -0.100. The summed E-state index contributed by atoms with van der Waals surface area (Å²) in [6, 6.07) is 10.1. The van der Waals surface area contributed by atoms with Gasteiger partial charge in [0.2, 0.25) is 17.8 Å². The third-order valence-corrected chi connectivity index (χ3v) is 7.80. The minimum Gasteiger partial charge on any atom is -0.354 e. The van der Waals surface area contributed by atoms with Crippen LogP contribution in [0.3, 0.4) is 0 Å². The van der Waals surface area contributed by atoms with E-state index in [1.54, 1.807) is 0 Å². The highest BCUT2D eigenvalue weighted by atomic mass is 15.3. The highest BCUT2D eigenvalue weighted by Gasteiger charge is 2.53. The van der Waals surface area contributed by atoms with Gasteiger partial charge in [-0.2, -0.15) is 15.0 Å². The molecule has 0 unspecified atom stereocenters. The van der Waals surface area contributed by atoms with Gasteiger partial charge in [0.25, 0.3) is 0 Å². The summed E-state index contributed by atoms with van der Waals surface area (Å²) < 4.78 is 0. The number of para-hydroxylation sites is 1. The van der Waals surface area contributed by atoms with Crippen LogP contribution in [0.2, 0.25) is 0 Å². The lowest BCUT2D eigenvalue weighted by Crippen LogP contribution is -2.53. The van der Waals surface area contributed by atoms with Gasteiger partial charge >= 0.3 is 0 Å². The van der Waals surface area contributed by atoms with Crippen LogP contribution in [0, 0.1) is 23.2 Å². The van der Waals surface area contributed by atoms with Crippen LogP contribution in [-0.4, -0.2) is 47.7 Å². The number of rotatable bonds is 6. The van der Waals surface area contributed by atoms with E-state index in [-0.39, 0.29) is 0 Å². The summed E-state index contributed by atoms with van der Waals surface area (Å²) in [7, 11) is 0. The van der Waals surface area contributed by atoms with Crippen LogP contribution in [-0.2, 0) is 0 Å². The molecule has 166 valence electrons. The molecule has 3 N–H and O–H groups in total. The van der Waals surface area contributed by atoms with Gasteiger partial charge in [0.15, 0.2) is 0 Å². The van der Waals surface area contributed by atoms with Gasteiger partial charge < -0.3 is 20.9 Å². The predicted octanol–water partition coefficient (Wildman–Crippen LogP) is 3.90. The van der Waals surface area contributed by atoms with E-state index >= 15 is 0 Å².